The first-order valence-electron chi connectivity index (χ1n) is 6.65. The molecular weight excluding hydrogens is 294 g/mol. The Labute approximate surface area is 122 Å². The molecule has 2 aromatic heterocycles. The normalized spacial score (nSPS) is 16.1. The minimum absolute atomic E-state index is 0.0857. The van der Waals surface area contributed by atoms with Gasteiger partial charge in [-0.2, -0.15) is 4.31 Å². The van der Waals surface area contributed by atoms with E-state index in [0.717, 1.165) is 0 Å². The number of hydrogen-bond acceptors (Lipinski definition) is 5. The minimum Gasteiger partial charge on any atom is -0.465 e. The molecule has 0 radical (unpaired) electrons. The summed E-state index contributed by atoms with van der Waals surface area (Å²) in [5.74, 6) is 1.46. The summed E-state index contributed by atoms with van der Waals surface area (Å²) >= 11 is 0. The molecule has 114 valence electrons. The number of rotatable bonds is 3. The quantitative estimate of drug-likeness (QED) is 0.905. The lowest BCUT2D eigenvalue weighted by atomic mass is 10.2. The van der Waals surface area contributed by atoms with Crippen LogP contribution in [0.4, 0.5) is 0 Å². The molecule has 3 rings (SSSR count). The van der Waals surface area contributed by atoms with E-state index in [4.69, 9.17) is 4.42 Å². The largest absolute Gasteiger partial charge is 0.465 e. The van der Waals surface area contributed by atoms with Crippen LogP contribution in [0.2, 0.25) is 0 Å². The molecular formula is C13H17N3O4S. The highest BCUT2D eigenvalue weighted by molar-refractivity contribution is 7.89. The lowest BCUT2D eigenvalue weighted by molar-refractivity contribution is 0.275. The fourth-order valence-corrected chi connectivity index (χ4v) is 4.51. The fourth-order valence-electron chi connectivity index (χ4n) is 2.72. The van der Waals surface area contributed by atoms with Gasteiger partial charge in [-0.15, -0.1) is 0 Å². The van der Waals surface area contributed by atoms with Crippen LogP contribution in [0.25, 0.3) is 0 Å². The predicted octanol–water partition coefficient (Wildman–Crippen LogP) is 0.790. The average Bonchev–Trinajstić information content (AvgIpc) is 3.01. The molecule has 21 heavy (non-hydrogen) atoms. The third-order valence-electron chi connectivity index (χ3n) is 3.79. The first-order chi connectivity index (χ1) is 9.95. The molecule has 0 aromatic carbocycles. The SMILES string of the molecule is Cc1oc(C)c(S(=O)(=O)N2CCn3ccnc3C2)c1CO. The lowest BCUT2D eigenvalue weighted by Gasteiger charge is -2.27. The molecule has 0 bridgehead atoms. The van der Waals surface area contributed by atoms with Crippen LogP contribution in [-0.2, 0) is 29.7 Å². The van der Waals surface area contributed by atoms with Gasteiger partial charge in [0.05, 0.1) is 13.2 Å². The van der Waals surface area contributed by atoms with Crippen molar-refractivity contribution >= 4 is 10.0 Å². The van der Waals surface area contributed by atoms with Crippen molar-refractivity contribution in [3.8, 4) is 0 Å². The van der Waals surface area contributed by atoms with Crippen molar-refractivity contribution in [3.05, 3.63) is 35.3 Å². The van der Waals surface area contributed by atoms with Gasteiger partial charge in [-0.3, -0.25) is 0 Å². The maximum atomic E-state index is 12.9. The van der Waals surface area contributed by atoms with Crippen molar-refractivity contribution in [2.75, 3.05) is 6.54 Å². The topological polar surface area (TPSA) is 88.6 Å². The van der Waals surface area contributed by atoms with Crippen molar-refractivity contribution < 1.29 is 17.9 Å². The summed E-state index contributed by atoms with van der Waals surface area (Å²) in [4.78, 5) is 4.25. The van der Waals surface area contributed by atoms with Gasteiger partial charge >= 0.3 is 0 Å². The molecule has 0 atom stereocenters. The van der Waals surface area contributed by atoms with Crippen molar-refractivity contribution in [1.82, 2.24) is 13.9 Å². The summed E-state index contributed by atoms with van der Waals surface area (Å²) in [5.41, 5.74) is 0.335. The summed E-state index contributed by atoms with van der Waals surface area (Å²) < 4.78 is 34.4. The zero-order valence-electron chi connectivity index (χ0n) is 11.9. The Balaban J connectivity index is 2.03. The third kappa shape index (κ3) is 2.19. The maximum Gasteiger partial charge on any atom is 0.247 e. The summed E-state index contributed by atoms with van der Waals surface area (Å²) in [5, 5.41) is 9.44. The molecule has 1 aliphatic heterocycles. The highest BCUT2D eigenvalue weighted by atomic mass is 32.2. The van der Waals surface area contributed by atoms with E-state index in [9.17, 15) is 13.5 Å². The van der Waals surface area contributed by atoms with E-state index in [0.29, 0.717) is 36.0 Å². The van der Waals surface area contributed by atoms with Gasteiger partial charge in [-0.25, -0.2) is 13.4 Å². The van der Waals surface area contributed by atoms with Gasteiger partial charge in [0.2, 0.25) is 10.0 Å². The number of nitrogens with zero attached hydrogens (tertiary/aromatic N) is 3. The molecule has 0 amide bonds. The van der Waals surface area contributed by atoms with E-state index < -0.39 is 10.0 Å². The van der Waals surface area contributed by atoms with Gasteiger partial charge < -0.3 is 14.1 Å². The molecule has 0 unspecified atom stereocenters. The number of imidazole rings is 1. The molecule has 0 spiro atoms. The molecule has 0 aliphatic carbocycles. The molecule has 1 aliphatic rings. The number of aryl methyl sites for hydroxylation is 2. The smallest absolute Gasteiger partial charge is 0.247 e. The molecule has 0 fully saturated rings. The van der Waals surface area contributed by atoms with Gasteiger partial charge in [0, 0.05) is 31.0 Å². The number of aliphatic hydroxyl groups is 1. The second-order valence-electron chi connectivity index (χ2n) is 5.06. The Morgan fingerprint density at radius 3 is 2.81 bits per heavy atom. The van der Waals surface area contributed by atoms with Crippen LogP contribution in [0.15, 0.2) is 21.7 Å². The molecule has 0 saturated carbocycles. The molecule has 2 aromatic rings. The van der Waals surface area contributed by atoms with E-state index in [2.05, 4.69) is 4.98 Å². The number of aromatic nitrogens is 2. The number of sulfonamides is 1. The Hall–Kier alpha value is -1.64. The standard InChI is InChI=1S/C13H17N3O4S/c1-9-11(8-17)13(10(2)20-9)21(18,19)16-6-5-15-4-3-14-12(15)7-16/h3-4,17H,5-8H2,1-2H3. The molecule has 0 saturated heterocycles. The zero-order chi connectivity index (χ0) is 15.2. The highest BCUT2D eigenvalue weighted by Gasteiger charge is 2.34. The minimum atomic E-state index is -3.71. The fraction of sp³-hybridized carbons (Fsp3) is 0.462. The molecule has 1 N–H and O–H groups in total. The summed E-state index contributed by atoms with van der Waals surface area (Å²) in [6.07, 6.45) is 3.50. The molecule has 8 heteroatoms. The number of aliphatic hydroxyl groups excluding tert-OH is 1. The van der Waals surface area contributed by atoms with E-state index in [-0.39, 0.29) is 18.0 Å². The second-order valence-corrected chi connectivity index (χ2v) is 6.93. The molecule has 3 heterocycles. The van der Waals surface area contributed by atoms with Crippen LogP contribution in [0.5, 0.6) is 0 Å². The Kier molecular flexibility index (Phi) is 3.39. The maximum absolute atomic E-state index is 12.9. The van der Waals surface area contributed by atoms with Gasteiger partial charge in [0.1, 0.15) is 22.2 Å². The van der Waals surface area contributed by atoms with Crippen LogP contribution in [0.3, 0.4) is 0 Å². The van der Waals surface area contributed by atoms with Gasteiger partial charge in [-0.05, 0) is 13.8 Å². The lowest BCUT2D eigenvalue weighted by Crippen LogP contribution is -2.38. The summed E-state index contributed by atoms with van der Waals surface area (Å²) in [6.45, 7) is 4.06. The third-order valence-corrected chi connectivity index (χ3v) is 5.83. The first-order valence-corrected chi connectivity index (χ1v) is 8.09. The van der Waals surface area contributed by atoms with Crippen LogP contribution in [0.1, 0.15) is 22.9 Å². The number of furan rings is 1. The van der Waals surface area contributed by atoms with E-state index in [1.165, 1.54) is 4.31 Å². The zero-order valence-corrected chi connectivity index (χ0v) is 12.7. The Morgan fingerprint density at radius 2 is 2.10 bits per heavy atom. The van der Waals surface area contributed by atoms with Gasteiger partial charge in [-0.1, -0.05) is 0 Å². The van der Waals surface area contributed by atoms with Crippen molar-refractivity contribution in [3.63, 3.8) is 0 Å². The summed E-state index contributed by atoms with van der Waals surface area (Å²) in [6, 6.07) is 0. The van der Waals surface area contributed by atoms with Crippen LogP contribution in [-0.4, -0.2) is 33.9 Å². The van der Waals surface area contributed by atoms with Crippen LogP contribution in [0, 0.1) is 13.8 Å². The predicted molar refractivity (Wildman–Crippen MR) is 73.9 cm³/mol. The Morgan fingerprint density at radius 1 is 1.33 bits per heavy atom. The second kappa shape index (κ2) is 4.97. The van der Waals surface area contributed by atoms with Crippen molar-refractivity contribution in [1.29, 1.82) is 0 Å². The number of fused-ring (bicyclic) bond motifs is 1. The van der Waals surface area contributed by atoms with Crippen molar-refractivity contribution in [2.24, 2.45) is 0 Å². The average molecular weight is 311 g/mol. The number of hydrogen-bond donors (Lipinski definition) is 1. The van der Waals surface area contributed by atoms with Gasteiger partial charge in [0.25, 0.3) is 0 Å². The van der Waals surface area contributed by atoms with Crippen molar-refractivity contribution in [2.45, 2.75) is 38.4 Å². The van der Waals surface area contributed by atoms with Gasteiger partial charge in [0.15, 0.2) is 0 Å². The molecule has 7 nitrogen and oxygen atoms in total. The highest BCUT2D eigenvalue weighted by Crippen LogP contribution is 2.30. The Bertz CT molecular complexity index is 775. The van der Waals surface area contributed by atoms with E-state index >= 15 is 0 Å². The monoisotopic (exact) mass is 311 g/mol. The van der Waals surface area contributed by atoms with E-state index in [1.807, 2.05) is 10.8 Å². The van der Waals surface area contributed by atoms with Crippen LogP contribution < -0.4 is 0 Å². The van der Waals surface area contributed by atoms with E-state index in [1.54, 1.807) is 20.0 Å². The first kappa shape index (κ1) is 14.3. The summed E-state index contributed by atoms with van der Waals surface area (Å²) in [7, 11) is -3.71. The van der Waals surface area contributed by atoms with Crippen LogP contribution >= 0.6 is 0 Å².